The van der Waals surface area contributed by atoms with Gasteiger partial charge in [0.15, 0.2) is 5.82 Å². The fourth-order valence-corrected chi connectivity index (χ4v) is 2.02. The van der Waals surface area contributed by atoms with E-state index in [-0.39, 0.29) is 0 Å². The van der Waals surface area contributed by atoms with Crippen LogP contribution in [0.5, 0.6) is 0 Å². The molecule has 0 N–H and O–H groups in total. The van der Waals surface area contributed by atoms with E-state index in [0.29, 0.717) is 11.7 Å². The highest BCUT2D eigenvalue weighted by Gasteiger charge is 2.16. The Morgan fingerprint density at radius 3 is 3.11 bits per heavy atom. The maximum Gasteiger partial charge on any atom is 0.259 e. The van der Waals surface area contributed by atoms with Crippen molar-refractivity contribution in [3.8, 4) is 11.5 Å². The Bertz CT molecular complexity index is 561. The maximum atomic E-state index is 5.28. The second-order valence-corrected chi connectivity index (χ2v) is 4.42. The van der Waals surface area contributed by atoms with Crippen LogP contribution in [0, 0.1) is 0 Å². The lowest BCUT2D eigenvalue weighted by Gasteiger charge is -2.20. The summed E-state index contributed by atoms with van der Waals surface area (Å²) in [6.45, 7) is 1.95. The number of likely N-dealkylation sites (N-methyl/N-ethyl adjacent to an activating group) is 1. The normalized spacial score (nSPS) is 16.6. The van der Waals surface area contributed by atoms with E-state index >= 15 is 0 Å². The van der Waals surface area contributed by atoms with Gasteiger partial charge in [-0.3, -0.25) is 4.98 Å². The maximum absolute atomic E-state index is 5.28. The molecule has 0 spiro atoms. The fraction of sp³-hybridized carbons (Fsp3) is 0.308. The van der Waals surface area contributed by atoms with E-state index in [2.05, 4.69) is 33.1 Å². The van der Waals surface area contributed by atoms with Crippen LogP contribution < -0.4 is 0 Å². The second kappa shape index (κ2) is 4.70. The summed E-state index contributed by atoms with van der Waals surface area (Å²) in [5.74, 6) is 1.20. The van der Waals surface area contributed by atoms with Crippen molar-refractivity contribution in [2.24, 2.45) is 0 Å². The number of pyridine rings is 1. The van der Waals surface area contributed by atoms with E-state index in [4.69, 9.17) is 4.52 Å². The van der Waals surface area contributed by atoms with Crippen LogP contribution in [0.3, 0.4) is 0 Å². The Labute approximate surface area is 105 Å². The number of aromatic nitrogens is 3. The lowest BCUT2D eigenvalue weighted by Crippen LogP contribution is -2.25. The van der Waals surface area contributed by atoms with Crippen molar-refractivity contribution >= 4 is 5.57 Å². The van der Waals surface area contributed by atoms with Gasteiger partial charge in [-0.15, -0.1) is 0 Å². The topological polar surface area (TPSA) is 55.1 Å². The summed E-state index contributed by atoms with van der Waals surface area (Å²) in [4.78, 5) is 10.7. The van der Waals surface area contributed by atoms with Crippen LogP contribution in [-0.4, -0.2) is 40.2 Å². The molecule has 18 heavy (non-hydrogen) atoms. The molecule has 0 aliphatic carbocycles. The van der Waals surface area contributed by atoms with E-state index < -0.39 is 0 Å². The molecule has 0 unspecified atom stereocenters. The molecule has 0 atom stereocenters. The molecule has 1 aliphatic heterocycles. The standard InChI is InChI=1S/C13H14N4O/c1-17-7-3-5-11(9-17)12-15-13(18-16-12)10-4-2-6-14-8-10/h2,4-6,8H,3,7,9H2,1H3. The monoisotopic (exact) mass is 242 g/mol. The lowest BCUT2D eigenvalue weighted by atomic mass is 10.1. The van der Waals surface area contributed by atoms with Gasteiger partial charge in [-0.1, -0.05) is 11.2 Å². The molecule has 3 heterocycles. The second-order valence-electron chi connectivity index (χ2n) is 4.42. The highest BCUT2D eigenvalue weighted by atomic mass is 16.5. The minimum absolute atomic E-state index is 0.521. The molecule has 0 aromatic carbocycles. The van der Waals surface area contributed by atoms with Gasteiger partial charge in [0.1, 0.15) is 0 Å². The Morgan fingerprint density at radius 1 is 1.39 bits per heavy atom. The number of rotatable bonds is 2. The number of nitrogens with zero attached hydrogens (tertiary/aromatic N) is 4. The Balaban J connectivity index is 1.88. The van der Waals surface area contributed by atoms with Crippen LogP contribution in [0.4, 0.5) is 0 Å². The summed E-state index contributed by atoms with van der Waals surface area (Å²) in [5.41, 5.74) is 1.98. The van der Waals surface area contributed by atoms with Crippen LogP contribution in [-0.2, 0) is 0 Å². The third kappa shape index (κ3) is 2.17. The molecule has 0 radical (unpaired) electrons. The van der Waals surface area contributed by atoms with Gasteiger partial charge in [-0.25, -0.2) is 0 Å². The van der Waals surface area contributed by atoms with Gasteiger partial charge in [-0.05, 0) is 25.6 Å². The Hall–Kier alpha value is -2.01. The highest BCUT2D eigenvalue weighted by Crippen LogP contribution is 2.21. The van der Waals surface area contributed by atoms with Crippen molar-refractivity contribution in [3.05, 3.63) is 36.4 Å². The molecule has 92 valence electrons. The van der Waals surface area contributed by atoms with Crippen molar-refractivity contribution in [3.63, 3.8) is 0 Å². The van der Waals surface area contributed by atoms with E-state index in [9.17, 15) is 0 Å². The summed E-state index contributed by atoms with van der Waals surface area (Å²) in [5, 5.41) is 4.04. The van der Waals surface area contributed by atoms with Crippen LogP contribution in [0.15, 0.2) is 35.1 Å². The van der Waals surface area contributed by atoms with Crippen LogP contribution in [0.1, 0.15) is 12.2 Å². The predicted molar refractivity (Wildman–Crippen MR) is 67.6 cm³/mol. The average molecular weight is 242 g/mol. The highest BCUT2D eigenvalue weighted by molar-refractivity contribution is 5.63. The SMILES string of the molecule is CN1CCC=C(c2noc(-c3cccnc3)n2)C1. The molecule has 0 amide bonds. The third-order valence-corrected chi connectivity index (χ3v) is 2.96. The third-order valence-electron chi connectivity index (χ3n) is 2.96. The first-order valence-corrected chi connectivity index (χ1v) is 5.95. The van der Waals surface area contributed by atoms with Crippen LogP contribution in [0.25, 0.3) is 17.0 Å². The summed E-state index contributed by atoms with van der Waals surface area (Å²) >= 11 is 0. The molecule has 0 bridgehead atoms. The Morgan fingerprint density at radius 2 is 2.33 bits per heavy atom. The number of hydrogen-bond donors (Lipinski definition) is 0. The molecule has 2 aromatic heterocycles. The average Bonchev–Trinajstić information content (AvgIpc) is 2.89. The van der Waals surface area contributed by atoms with Gasteiger partial charge in [0, 0.05) is 31.1 Å². The quantitative estimate of drug-likeness (QED) is 0.804. The van der Waals surface area contributed by atoms with E-state index in [1.165, 1.54) is 0 Å². The largest absolute Gasteiger partial charge is 0.334 e. The van der Waals surface area contributed by atoms with Gasteiger partial charge < -0.3 is 9.42 Å². The smallest absolute Gasteiger partial charge is 0.259 e. The first-order valence-electron chi connectivity index (χ1n) is 5.95. The molecule has 3 rings (SSSR count). The zero-order valence-corrected chi connectivity index (χ0v) is 10.2. The van der Waals surface area contributed by atoms with Gasteiger partial charge >= 0.3 is 0 Å². The van der Waals surface area contributed by atoms with Crippen molar-refractivity contribution < 1.29 is 4.52 Å². The molecule has 2 aromatic rings. The van der Waals surface area contributed by atoms with E-state index in [1.807, 2.05) is 12.1 Å². The van der Waals surface area contributed by atoms with Crippen molar-refractivity contribution in [2.45, 2.75) is 6.42 Å². The van der Waals surface area contributed by atoms with Crippen molar-refractivity contribution in [2.75, 3.05) is 20.1 Å². The minimum Gasteiger partial charge on any atom is -0.334 e. The lowest BCUT2D eigenvalue weighted by molar-refractivity contribution is 0.370. The molecule has 1 aliphatic rings. The predicted octanol–water partition coefficient (Wildman–Crippen LogP) is 1.85. The fourth-order valence-electron chi connectivity index (χ4n) is 2.02. The van der Waals surface area contributed by atoms with E-state index in [1.54, 1.807) is 12.4 Å². The summed E-state index contributed by atoms with van der Waals surface area (Å²) in [6.07, 6.45) is 6.65. The van der Waals surface area contributed by atoms with Crippen LogP contribution >= 0.6 is 0 Å². The zero-order valence-electron chi connectivity index (χ0n) is 10.2. The van der Waals surface area contributed by atoms with Crippen molar-refractivity contribution in [1.29, 1.82) is 0 Å². The first-order chi connectivity index (χ1) is 8.83. The Kier molecular flexibility index (Phi) is 2.90. The first kappa shape index (κ1) is 11.1. The van der Waals surface area contributed by atoms with Crippen LogP contribution in [0.2, 0.25) is 0 Å². The summed E-state index contributed by atoms with van der Waals surface area (Å²) in [7, 11) is 2.09. The summed E-state index contributed by atoms with van der Waals surface area (Å²) < 4.78 is 5.28. The van der Waals surface area contributed by atoms with Crippen molar-refractivity contribution in [1.82, 2.24) is 20.0 Å². The van der Waals surface area contributed by atoms with Gasteiger partial charge in [0.25, 0.3) is 5.89 Å². The van der Waals surface area contributed by atoms with Gasteiger partial charge in [-0.2, -0.15) is 4.98 Å². The molecular formula is C13H14N4O. The molecule has 0 saturated heterocycles. The molecule has 5 nitrogen and oxygen atoms in total. The summed E-state index contributed by atoms with van der Waals surface area (Å²) in [6, 6.07) is 3.76. The molecular weight excluding hydrogens is 228 g/mol. The zero-order chi connectivity index (χ0) is 12.4. The minimum atomic E-state index is 0.521. The molecule has 0 fully saturated rings. The number of hydrogen-bond acceptors (Lipinski definition) is 5. The van der Waals surface area contributed by atoms with E-state index in [0.717, 1.165) is 30.6 Å². The molecule has 5 heteroatoms. The van der Waals surface area contributed by atoms with Gasteiger partial charge in [0.2, 0.25) is 0 Å². The molecule has 0 saturated carbocycles. The van der Waals surface area contributed by atoms with Gasteiger partial charge in [0.05, 0.1) is 5.56 Å².